The van der Waals surface area contributed by atoms with E-state index in [4.69, 9.17) is 16.3 Å². The monoisotopic (exact) mass is 555 g/mol. The number of anilines is 2. The van der Waals surface area contributed by atoms with Gasteiger partial charge in [-0.15, -0.1) is 0 Å². The summed E-state index contributed by atoms with van der Waals surface area (Å²) in [5.41, 5.74) is -1.71. The van der Waals surface area contributed by atoms with E-state index in [1.54, 1.807) is 0 Å². The van der Waals surface area contributed by atoms with Gasteiger partial charge < -0.3 is 20.4 Å². The van der Waals surface area contributed by atoms with E-state index in [1.165, 1.54) is 55.6 Å². The lowest BCUT2D eigenvalue weighted by molar-refractivity contribution is -0.141. The first kappa shape index (κ1) is 26.8. The molecule has 0 fully saturated rings. The third kappa shape index (κ3) is 6.35. The van der Waals surface area contributed by atoms with Gasteiger partial charge in [0.05, 0.1) is 22.5 Å². The molecule has 0 unspecified atom stereocenters. The zero-order valence-electron chi connectivity index (χ0n) is 19.1. The SMILES string of the molecule is Cc1ccc(NC(=O)Nc2ccc(Oc3ccnc(-c4ncc(C(F)(F)F)[nH]4)c3)cc2Cl)cc1C(F)(F)F. The van der Waals surface area contributed by atoms with E-state index in [9.17, 15) is 31.1 Å². The van der Waals surface area contributed by atoms with Gasteiger partial charge in [0.1, 0.15) is 22.9 Å². The molecule has 2 amide bonds. The van der Waals surface area contributed by atoms with Crippen molar-refractivity contribution in [3.05, 3.63) is 82.8 Å². The predicted molar refractivity (Wildman–Crippen MR) is 127 cm³/mol. The molecule has 0 aliphatic carbocycles. The molecule has 0 bridgehead atoms. The summed E-state index contributed by atoms with van der Waals surface area (Å²) in [6, 6.07) is 9.60. The Morgan fingerprint density at radius 2 is 1.66 bits per heavy atom. The van der Waals surface area contributed by atoms with Crippen LogP contribution in [0.4, 0.5) is 42.5 Å². The molecule has 0 saturated heterocycles. The van der Waals surface area contributed by atoms with Crippen molar-refractivity contribution in [2.24, 2.45) is 0 Å². The number of halogens is 7. The molecule has 0 radical (unpaired) electrons. The maximum absolute atomic E-state index is 13.1. The summed E-state index contributed by atoms with van der Waals surface area (Å²) in [6.07, 6.45) is -7.19. The molecule has 2 aromatic heterocycles. The molecule has 14 heteroatoms. The van der Waals surface area contributed by atoms with Gasteiger partial charge in [0, 0.05) is 24.0 Å². The highest BCUT2D eigenvalue weighted by Gasteiger charge is 2.33. The standard InChI is InChI=1S/C24H16ClF6N5O2/c1-12-2-3-13(8-16(12)23(26,27)28)34-22(37)35-18-5-4-14(9-17(18)25)38-15-6-7-32-19(10-15)21-33-11-20(36-21)24(29,30)31/h2-11H,1H3,(H,33,36)(H2,34,35,37). The van der Waals surface area contributed by atoms with Gasteiger partial charge in [0.25, 0.3) is 0 Å². The number of nitrogens with one attached hydrogen (secondary N) is 3. The van der Waals surface area contributed by atoms with Gasteiger partial charge in [0.2, 0.25) is 0 Å². The fraction of sp³-hybridized carbons (Fsp3) is 0.125. The first-order chi connectivity index (χ1) is 17.8. The molecular formula is C24H16ClF6N5O2. The summed E-state index contributed by atoms with van der Waals surface area (Å²) in [5, 5.41) is 4.80. The minimum atomic E-state index is -4.59. The number of alkyl halides is 6. The summed E-state index contributed by atoms with van der Waals surface area (Å²) in [7, 11) is 0. The van der Waals surface area contributed by atoms with Crippen molar-refractivity contribution in [2.45, 2.75) is 19.3 Å². The number of aromatic amines is 1. The van der Waals surface area contributed by atoms with Gasteiger partial charge in [-0.2, -0.15) is 26.3 Å². The average Bonchev–Trinajstić information content (AvgIpc) is 3.33. The Morgan fingerprint density at radius 3 is 2.32 bits per heavy atom. The fourth-order valence-corrected chi connectivity index (χ4v) is 3.50. The Balaban J connectivity index is 1.43. The van der Waals surface area contributed by atoms with Crippen LogP contribution in [-0.4, -0.2) is 21.0 Å². The predicted octanol–water partition coefficient (Wildman–Crippen LogP) is 7.91. The van der Waals surface area contributed by atoms with E-state index >= 15 is 0 Å². The molecule has 0 aliphatic heterocycles. The molecule has 0 spiro atoms. The zero-order chi connectivity index (χ0) is 27.7. The third-order valence-corrected chi connectivity index (χ3v) is 5.39. The van der Waals surface area contributed by atoms with E-state index in [0.717, 1.165) is 6.07 Å². The number of amides is 2. The molecule has 0 saturated carbocycles. The van der Waals surface area contributed by atoms with Gasteiger partial charge >= 0.3 is 18.4 Å². The number of pyridine rings is 1. The van der Waals surface area contributed by atoms with E-state index in [-0.39, 0.29) is 45.0 Å². The number of hydrogen-bond donors (Lipinski definition) is 3. The van der Waals surface area contributed by atoms with E-state index in [0.29, 0.717) is 6.20 Å². The number of urea groups is 1. The number of hydrogen-bond acceptors (Lipinski definition) is 4. The number of carbonyl (C=O) groups excluding carboxylic acids is 1. The minimum Gasteiger partial charge on any atom is -0.457 e. The van der Waals surface area contributed by atoms with Crippen molar-refractivity contribution < 1.29 is 35.9 Å². The number of ether oxygens (including phenoxy) is 1. The lowest BCUT2D eigenvalue weighted by Crippen LogP contribution is -2.20. The molecule has 2 aromatic carbocycles. The Labute approximate surface area is 215 Å². The van der Waals surface area contributed by atoms with E-state index < -0.39 is 29.6 Å². The van der Waals surface area contributed by atoms with E-state index in [1.807, 2.05) is 0 Å². The molecule has 0 atom stereocenters. The van der Waals surface area contributed by atoms with Crippen LogP contribution >= 0.6 is 11.6 Å². The van der Waals surface area contributed by atoms with Crippen LogP contribution in [0.1, 0.15) is 16.8 Å². The number of imidazole rings is 1. The van der Waals surface area contributed by atoms with Crippen LogP contribution in [0.25, 0.3) is 11.5 Å². The quantitative estimate of drug-likeness (QED) is 0.218. The van der Waals surface area contributed by atoms with Crippen molar-refractivity contribution in [3.8, 4) is 23.0 Å². The Hall–Kier alpha value is -4.26. The van der Waals surface area contributed by atoms with E-state index in [2.05, 4.69) is 25.6 Å². The van der Waals surface area contributed by atoms with Crippen LogP contribution in [0.3, 0.4) is 0 Å². The third-order valence-electron chi connectivity index (χ3n) is 5.08. The highest BCUT2D eigenvalue weighted by Crippen LogP contribution is 2.34. The minimum absolute atomic E-state index is 0.0126. The van der Waals surface area contributed by atoms with Crippen LogP contribution in [0.2, 0.25) is 5.02 Å². The molecule has 2 heterocycles. The maximum atomic E-state index is 13.1. The molecule has 198 valence electrons. The molecule has 4 rings (SSSR count). The smallest absolute Gasteiger partial charge is 0.432 e. The second-order valence-electron chi connectivity index (χ2n) is 7.87. The summed E-state index contributed by atoms with van der Waals surface area (Å²) >= 11 is 6.22. The Bertz CT molecular complexity index is 1490. The Morgan fingerprint density at radius 1 is 0.921 bits per heavy atom. The lowest BCUT2D eigenvalue weighted by atomic mass is 10.1. The molecule has 4 aromatic rings. The van der Waals surface area contributed by atoms with Crippen molar-refractivity contribution in [1.29, 1.82) is 0 Å². The fourth-order valence-electron chi connectivity index (χ4n) is 3.29. The van der Waals surface area contributed by atoms with Crippen LogP contribution in [0.5, 0.6) is 11.5 Å². The number of carbonyl (C=O) groups is 1. The first-order valence-electron chi connectivity index (χ1n) is 10.6. The maximum Gasteiger partial charge on any atom is 0.432 e. The van der Waals surface area contributed by atoms with Gasteiger partial charge in [-0.25, -0.2) is 9.78 Å². The summed E-state index contributed by atoms with van der Waals surface area (Å²) in [5.74, 6) is 0.332. The number of aromatic nitrogens is 3. The van der Waals surface area contributed by atoms with Crippen molar-refractivity contribution in [2.75, 3.05) is 10.6 Å². The van der Waals surface area contributed by atoms with Crippen molar-refractivity contribution in [1.82, 2.24) is 15.0 Å². The zero-order valence-corrected chi connectivity index (χ0v) is 19.9. The number of aryl methyl sites for hydroxylation is 1. The number of H-pyrrole nitrogens is 1. The van der Waals surface area contributed by atoms with Gasteiger partial charge in [-0.3, -0.25) is 4.98 Å². The highest BCUT2D eigenvalue weighted by atomic mass is 35.5. The van der Waals surface area contributed by atoms with Crippen molar-refractivity contribution in [3.63, 3.8) is 0 Å². The van der Waals surface area contributed by atoms with Crippen LogP contribution in [-0.2, 0) is 12.4 Å². The Kier molecular flexibility index (Phi) is 7.22. The number of benzene rings is 2. The normalized spacial score (nSPS) is 11.8. The molecular weight excluding hydrogens is 540 g/mol. The second-order valence-corrected chi connectivity index (χ2v) is 8.28. The van der Waals surface area contributed by atoms with Gasteiger partial charge in [0.15, 0.2) is 5.82 Å². The molecule has 7 nitrogen and oxygen atoms in total. The molecule has 3 N–H and O–H groups in total. The van der Waals surface area contributed by atoms with Gasteiger partial charge in [-0.05, 0) is 42.8 Å². The van der Waals surface area contributed by atoms with Gasteiger partial charge in [-0.1, -0.05) is 17.7 Å². The summed E-state index contributed by atoms with van der Waals surface area (Å²) in [6.45, 7) is 1.31. The summed E-state index contributed by atoms with van der Waals surface area (Å²) < 4.78 is 83.4. The number of nitrogens with zero attached hydrogens (tertiary/aromatic N) is 2. The van der Waals surface area contributed by atoms with Crippen LogP contribution < -0.4 is 15.4 Å². The number of rotatable bonds is 5. The van der Waals surface area contributed by atoms with Crippen LogP contribution in [0, 0.1) is 6.92 Å². The van der Waals surface area contributed by atoms with Crippen molar-refractivity contribution >= 4 is 29.0 Å². The summed E-state index contributed by atoms with van der Waals surface area (Å²) in [4.78, 5) is 22.1. The second kappa shape index (κ2) is 10.2. The first-order valence-corrected chi connectivity index (χ1v) is 11.0. The lowest BCUT2D eigenvalue weighted by Gasteiger charge is -2.14. The average molecular weight is 556 g/mol. The molecule has 38 heavy (non-hydrogen) atoms. The largest absolute Gasteiger partial charge is 0.457 e. The van der Waals surface area contributed by atoms with Crippen LogP contribution in [0.15, 0.2) is 60.9 Å². The topological polar surface area (TPSA) is 91.9 Å². The highest BCUT2D eigenvalue weighted by molar-refractivity contribution is 6.34. The molecule has 0 aliphatic rings.